The van der Waals surface area contributed by atoms with E-state index in [2.05, 4.69) is 14.7 Å². The Labute approximate surface area is 94.2 Å². The van der Waals surface area contributed by atoms with Crippen LogP contribution < -0.4 is 0 Å². The van der Waals surface area contributed by atoms with Crippen molar-refractivity contribution in [3.8, 4) is 0 Å². The fraction of sp³-hybridized carbons (Fsp3) is 0.750. The van der Waals surface area contributed by atoms with Gasteiger partial charge in [-0.15, -0.1) is 0 Å². The Balaban J connectivity index is 2.52. The smallest absolute Gasteiger partial charge is 0.383 e. The Hall–Kier alpha value is -0.760. The van der Waals surface area contributed by atoms with Gasteiger partial charge >= 0.3 is 6.18 Å². The molecule has 0 bridgehead atoms. The Bertz CT molecular complexity index is 329. The number of hydrogen-bond donors (Lipinski definition) is 1. The molecule has 0 saturated carbocycles. The SMILES string of the molecule is CCSCc1noc(CC(O)C(F)(F)F)n1. The highest BCUT2D eigenvalue weighted by Gasteiger charge is 2.39. The second kappa shape index (κ2) is 5.53. The third-order valence-corrected chi connectivity index (χ3v) is 2.56. The van der Waals surface area contributed by atoms with Crippen LogP contribution in [0.1, 0.15) is 18.6 Å². The molecule has 92 valence electrons. The Kier molecular flexibility index (Phi) is 4.60. The van der Waals surface area contributed by atoms with Crippen molar-refractivity contribution in [1.82, 2.24) is 10.1 Å². The van der Waals surface area contributed by atoms with E-state index >= 15 is 0 Å². The molecular weight excluding hydrogens is 245 g/mol. The van der Waals surface area contributed by atoms with Gasteiger partial charge in [-0.3, -0.25) is 0 Å². The number of rotatable bonds is 5. The maximum absolute atomic E-state index is 12.0. The van der Waals surface area contributed by atoms with E-state index in [0.29, 0.717) is 11.6 Å². The molecule has 0 aliphatic rings. The summed E-state index contributed by atoms with van der Waals surface area (Å²) in [5.41, 5.74) is 0. The molecule has 8 heteroatoms. The zero-order chi connectivity index (χ0) is 12.2. The first-order chi connectivity index (χ1) is 7.43. The van der Waals surface area contributed by atoms with Crippen LogP contribution >= 0.6 is 11.8 Å². The van der Waals surface area contributed by atoms with E-state index < -0.39 is 18.7 Å². The molecule has 1 heterocycles. The normalized spacial score (nSPS) is 14.1. The summed E-state index contributed by atoms with van der Waals surface area (Å²) in [6.45, 7) is 1.94. The predicted octanol–water partition coefficient (Wildman–Crippen LogP) is 1.79. The summed E-state index contributed by atoms with van der Waals surface area (Å²) in [5.74, 6) is 1.49. The molecular formula is C8H11F3N2O2S. The minimum absolute atomic E-state index is 0.198. The molecule has 0 aliphatic heterocycles. The average molecular weight is 256 g/mol. The molecule has 1 atom stereocenters. The van der Waals surface area contributed by atoms with Crippen molar-refractivity contribution in [3.05, 3.63) is 11.7 Å². The second-order valence-electron chi connectivity index (χ2n) is 3.00. The number of aromatic nitrogens is 2. The van der Waals surface area contributed by atoms with Gasteiger partial charge < -0.3 is 9.63 Å². The van der Waals surface area contributed by atoms with Gasteiger partial charge in [-0.2, -0.15) is 29.9 Å². The quantitative estimate of drug-likeness (QED) is 0.870. The highest BCUT2D eigenvalue weighted by atomic mass is 32.2. The molecule has 1 unspecified atom stereocenters. The van der Waals surface area contributed by atoms with Crippen molar-refractivity contribution in [1.29, 1.82) is 0 Å². The lowest BCUT2D eigenvalue weighted by Crippen LogP contribution is -2.30. The summed E-state index contributed by atoms with van der Waals surface area (Å²) in [5, 5.41) is 12.3. The van der Waals surface area contributed by atoms with Crippen molar-refractivity contribution in [2.75, 3.05) is 5.75 Å². The van der Waals surface area contributed by atoms with Crippen LogP contribution in [0.15, 0.2) is 4.52 Å². The molecule has 16 heavy (non-hydrogen) atoms. The fourth-order valence-electron chi connectivity index (χ4n) is 0.906. The Morgan fingerprint density at radius 3 is 2.75 bits per heavy atom. The number of alkyl halides is 3. The van der Waals surface area contributed by atoms with Crippen LogP contribution in [0.4, 0.5) is 13.2 Å². The summed E-state index contributed by atoms with van der Waals surface area (Å²) in [7, 11) is 0. The van der Waals surface area contributed by atoms with E-state index in [1.807, 2.05) is 6.92 Å². The van der Waals surface area contributed by atoms with Gasteiger partial charge in [-0.1, -0.05) is 12.1 Å². The summed E-state index contributed by atoms with van der Waals surface area (Å²) in [6, 6.07) is 0. The van der Waals surface area contributed by atoms with Crippen LogP contribution in [0.3, 0.4) is 0 Å². The first-order valence-electron chi connectivity index (χ1n) is 4.57. The van der Waals surface area contributed by atoms with Crippen molar-refractivity contribution >= 4 is 11.8 Å². The minimum Gasteiger partial charge on any atom is -0.383 e. The van der Waals surface area contributed by atoms with E-state index in [0.717, 1.165) is 5.75 Å². The topological polar surface area (TPSA) is 59.2 Å². The molecule has 1 N–H and O–H groups in total. The Morgan fingerprint density at radius 1 is 1.50 bits per heavy atom. The standard InChI is InChI=1S/C8H11F3N2O2S/c1-2-16-4-6-12-7(15-13-6)3-5(14)8(9,10)11/h5,14H,2-4H2,1H3. The number of aliphatic hydroxyl groups excluding tert-OH is 1. The van der Waals surface area contributed by atoms with Gasteiger partial charge in [0.15, 0.2) is 11.9 Å². The predicted molar refractivity (Wildman–Crippen MR) is 51.9 cm³/mol. The van der Waals surface area contributed by atoms with Crippen LogP contribution in [-0.2, 0) is 12.2 Å². The second-order valence-corrected chi connectivity index (χ2v) is 4.28. The molecule has 0 aliphatic carbocycles. The van der Waals surface area contributed by atoms with E-state index in [9.17, 15) is 13.2 Å². The Morgan fingerprint density at radius 2 is 2.19 bits per heavy atom. The highest BCUT2D eigenvalue weighted by Crippen LogP contribution is 2.22. The third kappa shape index (κ3) is 4.01. The van der Waals surface area contributed by atoms with Crippen LogP contribution in [0.25, 0.3) is 0 Å². The van der Waals surface area contributed by atoms with Gasteiger partial charge in [-0.05, 0) is 5.75 Å². The summed E-state index contributed by atoms with van der Waals surface area (Å²) in [4.78, 5) is 3.74. The minimum atomic E-state index is -4.66. The lowest BCUT2D eigenvalue weighted by atomic mass is 10.2. The van der Waals surface area contributed by atoms with Crippen molar-refractivity contribution < 1.29 is 22.8 Å². The molecule has 0 spiro atoms. The lowest BCUT2D eigenvalue weighted by molar-refractivity contribution is -0.204. The highest BCUT2D eigenvalue weighted by molar-refractivity contribution is 7.98. The van der Waals surface area contributed by atoms with Crippen LogP contribution in [0.5, 0.6) is 0 Å². The van der Waals surface area contributed by atoms with Crippen LogP contribution in [0, 0.1) is 0 Å². The van der Waals surface area contributed by atoms with E-state index in [-0.39, 0.29) is 5.89 Å². The summed E-state index contributed by atoms with van der Waals surface area (Å²) >= 11 is 1.53. The average Bonchev–Trinajstić information content (AvgIpc) is 2.61. The summed E-state index contributed by atoms with van der Waals surface area (Å²) < 4.78 is 40.6. The molecule has 1 aromatic heterocycles. The van der Waals surface area contributed by atoms with Gasteiger partial charge in [0, 0.05) is 0 Å². The number of hydrogen-bond acceptors (Lipinski definition) is 5. The van der Waals surface area contributed by atoms with Gasteiger partial charge in [0.2, 0.25) is 5.89 Å². The largest absolute Gasteiger partial charge is 0.414 e. The van der Waals surface area contributed by atoms with Crippen molar-refractivity contribution in [2.45, 2.75) is 31.4 Å². The van der Waals surface area contributed by atoms with Gasteiger partial charge in [0.1, 0.15) is 0 Å². The third-order valence-electron chi connectivity index (χ3n) is 1.69. The van der Waals surface area contributed by atoms with E-state index in [1.54, 1.807) is 0 Å². The fourth-order valence-corrected chi connectivity index (χ4v) is 1.41. The number of aliphatic hydroxyl groups is 1. The van der Waals surface area contributed by atoms with Gasteiger partial charge in [0.05, 0.1) is 12.2 Å². The first-order valence-corrected chi connectivity index (χ1v) is 5.73. The van der Waals surface area contributed by atoms with Gasteiger partial charge in [-0.25, -0.2) is 0 Å². The molecule has 1 aromatic rings. The monoisotopic (exact) mass is 256 g/mol. The zero-order valence-electron chi connectivity index (χ0n) is 8.49. The first kappa shape index (κ1) is 13.3. The maximum Gasteiger partial charge on any atom is 0.414 e. The molecule has 0 amide bonds. The summed E-state index contributed by atoms with van der Waals surface area (Å²) in [6.07, 6.45) is -7.82. The van der Waals surface area contributed by atoms with Gasteiger partial charge in [0.25, 0.3) is 0 Å². The molecule has 0 fully saturated rings. The lowest BCUT2D eigenvalue weighted by Gasteiger charge is -2.11. The van der Waals surface area contributed by atoms with Crippen LogP contribution in [0.2, 0.25) is 0 Å². The number of thioether (sulfide) groups is 1. The molecule has 1 rings (SSSR count). The zero-order valence-corrected chi connectivity index (χ0v) is 9.31. The van der Waals surface area contributed by atoms with E-state index in [1.165, 1.54) is 11.8 Å². The van der Waals surface area contributed by atoms with E-state index in [4.69, 9.17) is 5.11 Å². The number of halogens is 3. The van der Waals surface area contributed by atoms with Crippen molar-refractivity contribution in [3.63, 3.8) is 0 Å². The maximum atomic E-state index is 12.0. The number of nitrogens with zero attached hydrogens (tertiary/aromatic N) is 2. The molecule has 0 radical (unpaired) electrons. The van der Waals surface area contributed by atoms with Crippen molar-refractivity contribution in [2.24, 2.45) is 0 Å². The molecule has 0 saturated heterocycles. The molecule has 4 nitrogen and oxygen atoms in total. The molecule has 0 aromatic carbocycles. The van der Waals surface area contributed by atoms with Crippen LogP contribution in [-0.4, -0.2) is 33.3 Å².